The van der Waals surface area contributed by atoms with E-state index in [0.29, 0.717) is 0 Å². The SMILES string of the molecule is CCC(C)(C#N)n1cc(Br)cn1. The van der Waals surface area contributed by atoms with Crippen molar-refractivity contribution >= 4 is 15.9 Å². The van der Waals surface area contributed by atoms with E-state index < -0.39 is 5.54 Å². The minimum Gasteiger partial charge on any atom is -0.252 e. The van der Waals surface area contributed by atoms with Crippen LogP contribution in [-0.2, 0) is 5.54 Å². The van der Waals surface area contributed by atoms with Gasteiger partial charge in [-0.25, -0.2) is 0 Å². The zero-order valence-electron chi connectivity index (χ0n) is 7.08. The molecule has 0 aliphatic carbocycles. The quantitative estimate of drug-likeness (QED) is 0.779. The van der Waals surface area contributed by atoms with Gasteiger partial charge in [0.15, 0.2) is 0 Å². The molecule has 0 amide bonds. The Bertz CT molecular complexity index is 312. The van der Waals surface area contributed by atoms with Gasteiger partial charge in [-0.1, -0.05) is 6.92 Å². The fraction of sp³-hybridized carbons (Fsp3) is 0.500. The molecule has 4 heteroatoms. The fourth-order valence-electron chi connectivity index (χ4n) is 0.863. The lowest BCUT2D eigenvalue weighted by Gasteiger charge is -2.19. The van der Waals surface area contributed by atoms with Crippen molar-refractivity contribution < 1.29 is 0 Å². The molecule has 1 atom stereocenters. The maximum Gasteiger partial charge on any atom is 0.145 e. The van der Waals surface area contributed by atoms with Gasteiger partial charge >= 0.3 is 0 Å². The Hall–Kier alpha value is -0.820. The third-order valence-corrected chi connectivity index (χ3v) is 2.40. The molecule has 1 heterocycles. The molecule has 3 nitrogen and oxygen atoms in total. The zero-order chi connectivity index (χ0) is 9.19. The summed E-state index contributed by atoms with van der Waals surface area (Å²) >= 11 is 3.29. The predicted octanol–water partition coefficient (Wildman–Crippen LogP) is 2.29. The van der Waals surface area contributed by atoms with Crippen LogP contribution in [0.3, 0.4) is 0 Å². The molecule has 0 aliphatic rings. The molecule has 0 aliphatic heterocycles. The summed E-state index contributed by atoms with van der Waals surface area (Å²) in [5, 5.41) is 13.0. The molecule has 1 aromatic heterocycles. The van der Waals surface area contributed by atoms with Crippen LogP contribution in [0.1, 0.15) is 20.3 Å². The normalized spacial score (nSPS) is 15.2. The van der Waals surface area contributed by atoms with Gasteiger partial charge in [-0.2, -0.15) is 10.4 Å². The van der Waals surface area contributed by atoms with Crippen LogP contribution in [0.4, 0.5) is 0 Å². The molecule has 0 radical (unpaired) electrons. The van der Waals surface area contributed by atoms with E-state index >= 15 is 0 Å². The van der Waals surface area contributed by atoms with E-state index in [4.69, 9.17) is 5.26 Å². The minimum absolute atomic E-state index is 0.522. The summed E-state index contributed by atoms with van der Waals surface area (Å²) in [5.74, 6) is 0. The van der Waals surface area contributed by atoms with Crippen LogP contribution in [-0.4, -0.2) is 9.78 Å². The molecule has 0 saturated heterocycles. The first-order valence-corrected chi connectivity index (χ1v) is 4.53. The summed E-state index contributed by atoms with van der Waals surface area (Å²) in [6, 6.07) is 2.24. The van der Waals surface area contributed by atoms with Crippen LogP contribution in [0, 0.1) is 11.3 Å². The Balaban J connectivity index is 3.05. The van der Waals surface area contributed by atoms with Crippen LogP contribution in [0.25, 0.3) is 0 Å². The lowest BCUT2D eigenvalue weighted by Crippen LogP contribution is -2.27. The second-order valence-electron chi connectivity index (χ2n) is 2.84. The van der Waals surface area contributed by atoms with Crippen LogP contribution in [0.15, 0.2) is 16.9 Å². The molecule has 1 rings (SSSR count). The Morgan fingerprint density at radius 2 is 2.50 bits per heavy atom. The number of hydrogen-bond donors (Lipinski definition) is 0. The average Bonchev–Trinajstić information content (AvgIpc) is 2.51. The second kappa shape index (κ2) is 3.28. The van der Waals surface area contributed by atoms with Gasteiger partial charge in [0, 0.05) is 6.20 Å². The van der Waals surface area contributed by atoms with Gasteiger partial charge in [0.1, 0.15) is 5.54 Å². The van der Waals surface area contributed by atoms with Gasteiger partial charge in [0.25, 0.3) is 0 Å². The van der Waals surface area contributed by atoms with Crippen molar-refractivity contribution in [2.24, 2.45) is 0 Å². The van der Waals surface area contributed by atoms with Crippen molar-refractivity contribution in [3.05, 3.63) is 16.9 Å². The number of rotatable bonds is 2. The van der Waals surface area contributed by atoms with Gasteiger partial charge in [-0.05, 0) is 29.3 Å². The third-order valence-electron chi connectivity index (χ3n) is 1.99. The summed E-state index contributed by atoms with van der Waals surface area (Å²) in [5.41, 5.74) is -0.522. The molecular formula is C8H10BrN3. The monoisotopic (exact) mass is 227 g/mol. The lowest BCUT2D eigenvalue weighted by molar-refractivity contribution is 0.367. The highest BCUT2D eigenvalue weighted by Crippen LogP contribution is 2.20. The zero-order valence-corrected chi connectivity index (χ0v) is 8.67. The summed E-state index contributed by atoms with van der Waals surface area (Å²) in [6.07, 6.45) is 4.25. The molecule has 0 saturated carbocycles. The Kier molecular flexibility index (Phi) is 2.53. The highest BCUT2D eigenvalue weighted by molar-refractivity contribution is 9.10. The molecule has 0 spiro atoms. The molecule has 0 fully saturated rings. The molecule has 12 heavy (non-hydrogen) atoms. The van der Waals surface area contributed by atoms with Crippen molar-refractivity contribution in [2.45, 2.75) is 25.8 Å². The Morgan fingerprint density at radius 1 is 1.83 bits per heavy atom. The van der Waals surface area contributed by atoms with Crippen LogP contribution in [0.5, 0.6) is 0 Å². The first-order chi connectivity index (χ1) is 5.62. The predicted molar refractivity (Wildman–Crippen MR) is 49.5 cm³/mol. The first-order valence-electron chi connectivity index (χ1n) is 3.74. The number of hydrogen-bond acceptors (Lipinski definition) is 2. The molecular weight excluding hydrogens is 218 g/mol. The van der Waals surface area contributed by atoms with E-state index in [1.54, 1.807) is 10.9 Å². The van der Waals surface area contributed by atoms with E-state index in [1.165, 1.54) is 0 Å². The summed E-state index contributed by atoms with van der Waals surface area (Å²) < 4.78 is 2.58. The molecule has 1 unspecified atom stereocenters. The average molecular weight is 228 g/mol. The standard InChI is InChI=1S/C8H10BrN3/c1-3-8(2,6-10)12-5-7(9)4-11-12/h4-5H,3H2,1-2H3. The number of halogens is 1. The molecule has 0 aromatic carbocycles. The number of nitrogens with zero attached hydrogens (tertiary/aromatic N) is 3. The van der Waals surface area contributed by atoms with Crippen molar-refractivity contribution in [3.8, 4) is 6.07 Å². The summed E-state index contributed by atoms with van der Waals surface area (Å²) in [6.45, 7) is 3.84. The van der Waals surface area contributed by atoms with Gasteiger partial charge in [0.2, 0.25) is 0 Å². The van der Waals surface area contributed by atoms with Crippen LogP contribution in [0.2, 0.25) is 0 Å². The van der Waals surface area contributed by atoms with Crippen molar-refractivity contribution in [1.29, 1.82) is 5.26 Å². The van der Waals surface area contributed by atoms with Crippen molar-refractivity contribution in [3.63, 3.8) is 0 Å². The second-order valence-corrected chi connectivity index (χ2v) is 3.76. The number of aromatic nitrogens is 2. The van der Waals surface area contributed by atoms with Crippen LogP contribution < -0.4 is 0 Å². The van der Waals surface area contributed by atoms with Gasteiger partial charge < -0.3 is 0 Å². The lowest BCUT2D eigenvalue weighted by atomic mass is 10.0. The smallest absolute Gasteiger partial charge is 0.145 e. The molecule has 0 N–H and O–H groups in total. The fourth-order valence-corrected chi connectivity index (χ4v) is 1.15. The van der Waals surface area contributed by atoms with E-state index in [0.717, 1.165) is 10.9 Å². The van der Waals surface area contributed by atoms with E-state index in [1.807, 2.05) is 20.0 Å². The van der Waals surface area contributed by atoms with E-state index in [9.17, 15) is 0 Å². The highest BCUT2D eigenvalue weighted by Gasteiger charge is 2.24. The van der Waals surface area contributed by atoms with Gasteiger partial charge in [-0.15, -0.1) is 0 Å². The molecule has 0 bridgehead atoms. The summed E-state index contributed by atoms with van der Waals surface area (Å²) in [4.78, 5) is 0. The van der Waals surface area contributed by atoms with Crippen molar-refractivity contribution in [1.82, 2.24) is 9.78 Å². The largest absolute Gasteiger partial charge is 0.252 e. The van der Waals surface area contributed by atoms with E-state index in [2.05, 4.69) is 27.1 Å². The maximum absolute atomic E-state index is 8.92. The minimum atomic E-state index is -0.522. The Labute approximate surface area is 80.1 Å². The highest BCUT2D eigenvalue weighted by atomic mass is 79.9. The Morgan fingerprint density at radius 3 is 2.83 bits per heavy atom. The molecule has 64 valence electrons. The van der Waals surface area contributed by atoms with E-state index in [-0.39, 0.29) is 0 Å². The molecule has 1 aromatic rings. The third kappa shape index (κ3) is 1.51. The van der Waals surface area contributed by atoms with Crippen LogP contribution >= 0.6 is 15.9 Å². The summed E-state index contributed by atoms with van der Waals surface area (Å²) in [7, 11) is 0. The van der Waals surface area contributed by atoms with Gasteiger partial charge in [0.05, 0.1) is 16.7 Å². The van der Waals surface area contributed by atoms with Gasteiger partial charge in [-0.3, -0.25) is 4.68 Å². The number of nitriles is 1. The maximum atomic E-state index is 8.92. The topological polar surface area (TPSA) is 41.6 Å². The first kappa shape index (κ1) is 9.27. The van der Waals surface area contributed by atoms with Crippen molar-refractivity contribution in [2.75, 3.05) is 0 Å².